The fourth-order valence-corrected chi connectivity index (χ4v) is 3.16. The Morgan fingerprint density at radius 3 is 2.68 bits per heavy atom. The Kier molecular flexibility index (Phi) is 3.33. The minimum absolute atomic E-state index is 0.472. The Balaban J connectivity index is 1.69. The van der Waals surface area contributed by atoms with E-state index in [-0.39, 0.29) is 0 Å². The molecule has 0 amide bonds. The number of nitrogens with two attached hydrogens (primary N) is 1. The van der Waals surface area contributed by atoms with Crippen molar-refractivity contribution in [3.63, 3.8) is 0 Å². The summed E-state index contributed by atoms with van der Waals surface area (Å²) >= 11 is 0. The fraction of sp³-hybridized carbons (Fsp3) is 0.733. The molecule has 0 radical (unpaired) electrons. The van der Waals surface area contributed by atoms with Crippen molar-refractivity contribution < 1.29 is 0 Å². The maximum absolute atomic E-state index is 5.88. The lowest BCUT2D eigenvalue weighted by Crippen LogP contribution is -2.26. The zero-order valence-electron chi connectivity index (χ0n) is 11.8. The molecule has 0 aromatic carbocycles. The van der Waals surface area contributed by atoms with Gasteiger partial charge in [-0.15, -0.1) is 0 Å². The second-order valence-corrected chi connectivity index (χ2v) is 6.22. The van der Waals surface area contributed by atoms with Crippen LogP contribution in [0.2, 0.25) is 0 Å². The van der Waals surface area contributed by atoms with Gasteiger partial charge >= 0.3 is 0 Å². The van der Waals surface area contributed by atoms with E-state index >= 15 is 0 Å². The van der Waals surface area contributed by atoms with Crippen molar-refractivity contribution in [2.45, 2.75) is 57.8 Å². The van der Waals surface area contributed by atoms with Crippen LogP contribution in [0, 0.1) is 5.41 Å². The lowest BCUT2D eigenvalue weighted by atomic mass is 9.83. The Bertz CT molecular complexity index is 447. The van der Waals surface area contributed by atoms with Gasteiger partial charge in [0.05, 0.1) is 0 Å². The van der Waals surface area contributed by atoms with Gasteiger partial charge in [-0.2, -0.15) is 0 Å². The van der Waals surface area contributed by atoms with Crippen LogP contribution in [0.3, 0.4) is 0 Å². The maximum atomic E-state index is 5.88. The van der Waals surface area contributed by atoms with Gasteiger partial charge in [0.1, 0.15) is 17.5 Å². The summed E-state index contributed by atoms with van der Waals surface area (Å²) in [6, 6.07) is 1.87. The molecule has 19 heavy (non-hydrogen) atoms. The maximum Gasteiger partial charge on any atom is 0.136 e. The molecule has 2 fully saturated rings. The molecule has 0 aliphatic heterocycles. The highest BCUT2D eigenvalue weighted by Crippen LogP contribution is 2.41. The molecule has 4 heteroatoms. The standard InChI is InChI=1S/C15H24N4/c1-2-15(7-3-4-8-15)10-17-13-9-12(16)18-14(19-13)11-5-6-11/h9,11H,2-8,10H2,1H3,(H3,16,17,18,19). The molecule has 1 aromatic rings. The largest absolute Gasteiger partial charge is 0.384 e. The lowest BCUT2D eigenvalue weighted by Gasteiger charge is -2.28. The van der Waals surface area contributed by atoms with E-state index in [0.29, 0.717) is 17.2 Å². The summed E-state index contributed by atoms with van der Waals surface area (Å²) in [7, 11) is 0. The van der Waals surface area contributed by atoms with E-state index in [0.717, 1.165) is 18.2 Å². The first kappa shape index (κ1) is 12.7. The SMILES string of the molecule is CCC1(CNc2cc(N)nc(C3CC3)n2)CCCC1. The molecule has 1 aromatic heterocycles. The van der Waals surface area contributed by atoms with Crippen LogP contribution in [0.15, 0.2) is 6.07 Å². The molecule has 0 saturated heterocycles. The smallest absolute Gasteiger partial charge is 0.136 e. The highest BCUT2D eigenvalue weighted by molar-refractivity contribution is 5.45. The number of hydrogen-bond donors (Lipinski definition) is 2. The van der Waals surface area contributed by atoms with Gasteiger partial charge in [-0.1, -0.05) is 19.8 Å². The van der Waals surface area contributed by atoms with E-state index in [2.05, 4.69) is 22.2 Å². The van der Waals surface area contributed by atoms with Crippen LogP contribution in [0.1, 0.15) is 63.6 Å². The van der Waals surface area contributed by atoms with Crippen LogP contribution >= 0.6 is 0 Å². The van der Waals surface area contributed by atoms with Crippen molar-refractivity contribution in [1.29, 1.82) is 0 Å². The van der Waals surface area contributed by atoms with Gasteiger partial charge in [-0.05, 0) is 37.5 Å². The normalized spacial score (nSPS) is 21.5. The molecule has 1 heterocycles. The Morgan fingerprint density at radius 2 is 2.05 bits per heavy atom. The molecule has 0 spiro atoms. The molecular formula is C15H24N4. The molecule has 3 N–H and O–H groups in total. The van der Waals surface area contributed by atoms with Gasteiger partial charge in [-0.3, -0.25) is 0 Å². The molecule has 4 nitrogen and oxygen atoms in total. The first-order valence-electron chi connectivity index (χ1n) is 7.59. The Labute approximate surface area is 115 Å². The van der Waals surface area contributed by atoms with Crippen molar-refractivity contribution in [2.75, 3.05) is 17.6 Å². The fourth-order valence-electron chi connectivity index (χ4n) is 3.16. The third kappa shape index (κ3) is 2.82. The summed E-state index contributed by atoms with van der Waals surface area (Å²) in [5, 5.41) is 3.51. The summed E-state index contributed by atoms with van der Waals surface area (Å²) in [6.45, 7) is 3.32. The average Bonchev–Trinajstić information content (AvgIpc) is 3.16. The van der Waals surface area contributed by atoms with Crippen LogP contribution in [0.25, 0.3) is 0 Å². The summed E-state index contributed by atoms with van der Waals surface area (Å²) in [5.41, 5.74) is 6.35. The van der Waals surface area contributed by atoms with Gasteiger partial charge in [0.25, 0.3) is 0 Å². The van der Waals surface area contributed by atoms with Crippen molar-refractivity contribution in [1.82, 2.24) is 9.97 Å². The third-order valence-corrected chi connectivity index (χ3v) is 4.76. The molecule has 0 atom stereocenters. The number of aromatic nitrogens is 2. The number of nitrogen functional groups attached to an aromatic ring is 1. The topological polar surface area (TPSA) is 63.8 Å². The minimum Gasteiger partial charge on any atom is -0.384 e. The van der Waals surface area contributed by atoms with Crippen LogP contribution in [-0.4, -0.2) is 16.5 Å². The van der Waals surface area contributed by atoms with Crippen LogP contribution in [0.5, 0.6) is 0 Å². The number of rotatable bonds is 5. The van der Waals surface area contributed by atoms with E-state index in [1.807, 2.05) is 6.07 Å². The van der Waals surface area contributed by atoms with Gasteiger partial charge < -0.3 is 11.1 Å². The monoisotopic (exact) mass is 260 g/mol. The predicted octanol–water partition coefficient (Wildman–Crippen LogP) is 3.32. The summed E-state index contributed by atoms with van der Waals surface area (Å²) in [6.07, 6.45) is 9.09. The highest BCUT2D eigenvalue weighted by atomic mass is 15.1. The predicted molar refractivity (Wildman–Crippen MR) is 78.1 cm³/mol. The molecule has 2 aliphatic carbocycles. The van der Waals surface area contributed by atoms with Crippen molar-refractivity contribution in [2.24, 2.45) is 5.41 Å². The molecule has 104 valence electrons. The van der Waals surface area contributed by atoms with Crippen LogP contribution in [0.4, 0.5) is 11.6 Å². The number of nitrogens with zero attached hydrogens (tertiary/aromatic N) is 2. The van der Waals surface area contributed by atoms with Gasteiger partial charge in [0.2, 0.25) is 0 Å². The first-order chi connectivity index (χ1) is 9.21. The van der Waals surface area contributed by atoms with E-state index in [9.17, 15) is 0 Å². The second-order valence-electron chi connectivity index (χ2n) is 6.22. The van der Waals surface area contributed by atoms with Crippen molar-refractivity contribution >= 4 is 11.6 Å². The quantitative estimate of drug-likeness (QED) is 0.852. The Hall–Kier alpha value is -1.32. The molecule has 2 aliphatic rings. The lowest BCUT2D eigenvalue weighted by molar-refractivity contribution is 0.306. The summed E-state index contributed by atoms with van der Waals surface area (Å²) in [5.74, 6) is 2.99. The zero-order chi connectivity index (χ0) is 13.3. The van der Waals surface area contributed by atoms with E-state index < -0.39 is 0 Å². The van der Waals surface area contributed by atoms with E-state index in [1.54, 1.807) is 0 Å². The van der Waals surface area contributed by atoms with Gasteiger partial charge in [0.15, 0.2) is 0 Å². The van der Waals surface area contributed by atoms with Gasteiger partial charge in [-0.25, -0.2) is 9.97 Å². The number of anilines is 2. The third-order valence-electron chi connectivity index (χ3n) is 4.76. The highest BCUT2D eigenvalue weighted by Gasteiger charge is 2.32. The number of hydrogen-bond acceptors (Lipinski definition) is 4. The van der Waals surface area contributed by atoms with E-state index in [1.165, 1.54) is 44.9 Å². The summed E-state index contributed by atoms with van der Waals surface area (Å²) in [4.78, 5) is 8.96. The van der Waals surface area contributed by atoms with E-state index in [4.69, 9.17) is 5.73 Å². The first-order valence-corrected chi connectivity index (χ1v) is 7.59. The molecular weight excluding hydrogens is 236 g/mol. The average molecular weight is 260 g/mol. The van der Waals surface area contributed by atoms with Crippen LogP contribution < -0.4 is 11.1 Å². The zero-order valence-corrected chi connectivity index (χ0v) is 11.8. The second kappa shape index (κ2) is 4.99. The minimum atomic E-state index is 0.472. The van der Waals surface area contributed by atoms with Crippen LogP contribution in [-0.2, 0) is 0 Å². The molecule has 0 bridgehead atoms. The summed E-state index contributed by atoms with van der Waals surface area (Å²) < 4.78 is 0. The molecule has 0 unspecified atom stereocenters. The number of nitrogens with one attached hydrogen (secondary N) is 1. The Morgan fingerprint density at radius 1 is 1.32 bits per heavy atom. The van der Waals surface area contributed by atoms with Crippen molar-refractivity contribution in [3.8, 4) is 0 Å². The van der Waals surface area contributed by atoms with Crippen molar-refractivity contribution in [3.05, 3.63) is 11.9 Å². The van der Waals surface area contributed by atoms with Gasteiger partial charge in [0, 0.05) is 18.5 Å². The molecule has 2 saturated carbocycles. The molecule has 3 rings (SSSR count).